The number of carboxylic acids is 1. The van der Waals surface area contributed by atoms with Gasteiger partial charge in [0.05, 0.1) is 0 Å². The third kappa shape index (κ3) is 7.49. The van der Waals surface area contributed by atoms with Crippen LogP contribution in [0.5, 0.6) is 0 Å². The maximum Gasteiger partial charge on any atom is 0.306 e. The van der Waals surface area contributed by atoms with Gasteiger partial charge in [-0.1, -0.05) is 18.7 Å². The van der Waals surface area contributed by atoms with Crippen LogP contribution in [-0.2, 0) is 14.3 Å². The first-order valence-electron chi connectivity index (χ1n) is 4.75. The van der Waals surface area contributed by atoms with E-state index in [1.807, 2.05) is 0 Å². The van der Waals surface area contributed by atoms with E-state index in [0.29, 0.717) is 12.8 Å². The van der Waals surface area contributed by atoms with Crippen molar-refractivity contribution in [2.24, 2.45) is 0 Å². The Labute approximate surface area is 89.2 Å². The van der Waals surface area contributed by atoms with Crippen LogP contribution >= 0.6 is 0 Å². The zero-order valence-electron chi connectivity index (χ0n) is 8.65. The fourth-order valence-electron chi connectivity index (χ4n) is 0.968. The van der Waals surface area contributed by atoms with Crippen molar-refractivity contribution in [1.29, 1.82) is 0 Å². The number of rotatable bonds is 8. The van der Waals surface area contributed by atoms with Crippen LogP contribution in [0.2, 0.25) is 0 Å². The van der Waals surface area contributed by atoms with Crippen molar-refractivity contribution < 1.29 is 19.4 Å². The summed E-state index contributed by atoms with van der Waals surface area (Å²) in [6, 6.07) is 0. The molecule has 4 nitrogen and oxygen atoms in total. The Morgan fingerprint density at radius 2 is 2.00 bits per heavy atom. The van der Waals surface area contributed by atoms with Crippen LogP contribution in [0.3, 0.4) is 0 Å². The minimum absolute atomic E-state index is 0.0185. The average molecular weight is 212 g/mol. The van der Waals surface area contributed by atoms with Gasteiger partial charge in [0, 0.05) is 19.3 Å². The van der Waals surface area contributed by atoms with Crippen LogP contribution in [0, 0.1) is 0 Å². The SMILES string of the molecule is C=CCC(C=C)OC(=O)CCCC(=O)O. The van der Waals surface area contributed by atoms with Crippen LogP contribution in [0.1, 0.15) is 25.7 Å². The summed E-state index contributed by atoms with van der Waals surface area (Å²) in [5.74, 6) is -1.31. The van der Waals surface area contributed by atoms with Gasteiger partial charge in [0.25, 0.3) is 0 Å². The van der Waals surface area contributed by atoms with E-state index in [1.165, 1.54) is 6.08 Å². The number of carbonyl (C=O) groups is 2. The smallest absolute Gasteiger partial charge is 0.306 e. The first kappa shape index (κ1) is 13.4. The molecular weight excluding hydrogens is 196 g/mol. The molecule has 0 aliphatic rings. The van der Waals surface area contributed by atoms with E-state index in [1.54, 1.807) is 6.08 Å². The second-order valence-electron chi connectivity index (χ2n) is 3.04. The zero-order valence-corrected chi connectivity index (χ0v) is 8.65. The van der Waals surface area contributed by atoms with E-state index < -0.39 is 11.9 Å². The molecule has 1 unspecified atom stereocenters. The molecule has 0 radical (unpaired) electrons. The largest absolute Gasteiger partial charge is 0.481 e. The molecule has 0 bridgehead atoms. The van der Waals surface area contributed by atoms with E-state index in [4.69, 9.17) is 9.84 Å². The highest BCUT2D eigenvalue weighted by molar-refractivity contribution is 5.71. The molecule has 0 aromatic carbocycles. The molecule has 84 valence electrons. The second-order valence-corrected chi connectivity index (χ2v) is 3.04. The average Bonchev–Trinajstić information content (AvgIpc) is 2.16. The van der Waals surface area contributed by atoms with Crippen LogP contribution < -0.4 is 0 Å². The lowest BCUT2D eigenvalue weighted by Crippen LogP contribution is -2.15. The number of esters is 1. The number of carbonyl (C=O) groups excluding carboxylic acids is 1. The summed E-state index contributed by atoms with van der Waals surface area (Å²) in [6.07, 6.45) is 3.72. The molecule has 1 N–H and O–H groups in total. The van der Waals surface area contributed by atoms with Crippen LogP contribution in [0.25, 0.3) is 0 Å². The summed E-state index contributed by atoms with van der Waals surface area (Å²) in [7, 11) is 0. The Morgan fingerprint density at radius 3 is 2.47 bits per heavy atom. The molecule has 0 aromatic heterocycles. The van der Waals surface area contributed by atoms with Crippen molar-refractivity contribution in [3.8, 4) is 0 Å². The Balaban J connectivity index is 3.75. The van der Waals surface area contributed by atoms with Crippen LogP contribution in [0.4, 0.5) is 0 Å². The molecule has 1 atom stereocenters. The van der Waals surface area contributed by atoms with E-state index >= 15 is 0 Å². The van der Waals surface area contributed by atoms with Crippen molar-refractivity contribution in [1.82, 2.24) is 0 Å². The highest BCUT2D eigenvalue weighted by Gasteiger charge is 2.09. The summed E-state index contributed by atoms with van der Waals surface area (Å²) in [5.41, 5.74) is 0. The second kappa shape index (κ2) is 7.79. The van der Waals surface area contributed by atoms with Gasteiger partial charge in [-0.15, -0.1) is 6.58 Å². The summed E-state index contributed by atoms with van der Waals surface area (Å²) < 4.78 is 5.00. The Bertz CT molecular complexity index is 245. The van der Waals surface area contributed by atoms with Gasteiger partial charge in [-0.2, -0.15) is 0 Å². The molecule has 0 heterocycles. The zero-order chi connectivity index (χ0) is 11.7. The molecule has 0 saturated heterocycles. The van der Waals surface area contributed by atoms with Crippen molar-refractivity contribution in [2.45, 2.75) is 31.8 Å². The van der Waals surface area contributed by atoms with Gasteiger partial charge in [0.15, 0.2) is 0 Å². The predicted molar refractivity (Wildman–Crippen MR) is 56.4 cm³/mol. The maximum absolute atomic E-state index is 11.2. The molecule has 0 aromatic rings. The first-order chi connectivity index (χ1) is 7.10. The molecular formula is C11H16O4. The van der Waals surface area contributed by atoms with Gasteiger partial charge >= 0.3 is 11.9 Å². The van der Waals surface area contributed by atoms with Crippen LogP contribution in [0.15, 0.2) is 25.3 Å². The van der Waals surface area contributed by atoms with Crippen molar-refractivity contribution in [3.63, 3.8) is 0 Å². The molecule has 0 rings (SSSR count). The molecule has 0 fully saturated rings. The van der Waals surface area contributed by atoms with E-state index in [0.717, 1.165) is 0 Å². The van der Waals surface area contributed by atoms with Gasteiger partial charge < -0.3 is 9.84 Å². The van der Waals surface area contributed by atoms with Crippen molar-refractivity contribution in [2.75, 3.05) is 0 Å². The first-order valence-corrected chi connectivity index (χ1v) is 4.75. The number of hydrogen-bond donors (Lipinski definition) is 1. The molecule has 0 aliphatic heterocycles. The third-order valence-electron chi connectivity index (χ3n) is 1.72. The van der Waals surface area contributed by atoms with Gasteiger partial charge in [0.2, 0.25) is 0 Å². The Morgan fingerprint density at radius 1 is 1.33 bits per heavy atom. The standard InChI is InChI=1S/C11H16O4/c1-3-6-9(4-2)15-11(14)8-5-7-10(12)13/h3-4,9H,1-2,5-8H2,(H,12,13). The minimum Gasteiger partial charge on any atom is -0.481 e. The lowest BCUT2D eigenvalue weighted by atomic mass is 10.2. The summed E-state index contributed by atoms with van der Waals surface area (Å²) in [6.45, 7) is 7.05. The quantitative estimate of drug-likeness (QED) is 0.493. The number of ether oxygens (including phenoxy) is 1. The monoisotopic (exact) mass is 212 g/mol. The van der Waals surface area contributed by atoms with Crippen molar-refractivity contribution in [3.05, 3.63) is 25.3 Å². The minimum atomic E-state index is -0.908. The van der Waals surface area contributed by atoms with E-state index in [2.05, 4.69) is 13.2 Å². The van der Waals surface area contributed by atoms with E-state index in [-0.39, 0.29) is 18.9 Å². The normalized spacial score (nSPS) is 11.5. The van der Waals surface area contributed by atoms with Gasteiger partial charge in [-0.25, -0.2) is 0 Å². The highest BCUT2D eigenvalue weighted by atomic mass is 16.5. The molecule has 0 spiro atoms. The Hall–Kier alpha value is -1.58. The molecule has 15 heavy (non-hydrogen) atoms. The van der Waals surface area contributed by atoms with Gasteiger partial charge in [-0.05, 0) is 6.42 Å². The summed E-state index contributed by atoms with van der Waals surface area (Å²) in [5, 5.41) is 8.36. The summed E-state index contributed by atoms with van der Waals surface area (Å²) >= 11 is 0. The van der Waals surface area contributed by atoms with E-state index in [9.17, 15) is 9.59 Å². The maximum atomic E-state index is 11.2. The predicted octanol–water partition coefficient (Wildman–Crippen LogP) is 1.92. The highest BCUT2D eigenvalue weighted by Crippen LogP contribution is 2.05. The third-order valence-corrected chi connectivity index (χ3v) is 1.72. The summed E-state index contributed by atoms with van der Waals surface area (Å²) in [4.78, 5) is 21.4. The fourth-order valence-corrected chi connectivity index (χ4v) is 0.968. The molecule has 0 saturated carbocycles. The number of hydrogen-bond acceptors (Lipinski definition) is 3. The lowest BCUT2D eigenvalue weighted by molar-refractivity contribution is -0.147. The number of aliphatic carboxylic acids is 1. The molecule has 4 heteroatoms. The van der Waals surface area contributed by atoms with Crippen molar-refractivity contribution >= 4 is 11.9 Å². The number of carboxylic acid groups (broad SMARTS) is 1. The Kier molecular flexibility index (Phi) is 6.97. The van der Waals surface area contributed by atoms with Gasteiger partial charge in [0.1, 0.15) is 6.10 Å². The van der Waals surface area contributed by atoms with Gasteiger partial charge in [-0.3, -0.25) is 9.59 Å². The molecule has 0 amide bonds. The topological polar surface area (TPSA) is 63.6 Å². The molecule has 0 aliphatic carbocycles. The fraction of sp³-hybridized carbons (Fsp3) is 0.455. The lowest BCUT2D eigenvalue weighted by Gasteiger charge is -2.11. The van der Waals surface area contributed by atoms with Crippen LogP contribution in [-0.4, -0.2) is 23.1 Å².